The normalized spacial score (nSPS) is 25.4. The molecule has 0 N–H and O–H groups in total. The lowest BCUT2D eigenvalue weighted by molar-refractivity contribution is -0.0399. The van der Waals surface area contributed by atoms with Gasteiger partial charge in [-0.25, -0.2) is 0 Å². The molecular formula is C58H47N. The third-order valence-corrected chi connectivity index (χ3v) is 16.7. The molecule has 284 valence electrons. The first kappa shape index (κ1) is 31.2. The van der Waals surface area contributed by atoms with Crippen LogP contribution in [0.1, 0.15) is 82.8 Å². The van der Waals surface area contributed by atoms with Crippen molar-refractivity contribution in [2.75, 3.05) is 0 Å². The van der Waals surface area contributed by atoms with Gasteiger partial charge in [-0.2, -0.15) is 0 Å². The summed E-state index contributed by atoms with van der Waals surface area (Å²) >= 11 is 0. The summed E-state index contributed by atoms with van der Waals surface area (Å²) in [6, 6.07) is 50.8. The Balaban J connectivity index is 0.927. The van der Waals surface area contributed by atoms with Crippen molar-refractivity contribution in [1.82, 2.24) is 4.98 Å². The van der Waals surface area contributed by atoms with Gasteiger partial charge in [0.25, 0.3) is 0 Å². The number of fused-ring (bicyclic) bond motifs is 10. The van der Waals surface area contributed by atoms with Crippen LogP contribution < -0.4 is 0 Å². The summed E-state index contributed by atoms with van der Waals surface area (Å²) in [5.74, 6) is 2.85. The Morgan fingerprint density at radius 1 is 0.458 bits per heavy atom. The maximum atomic E-state index is 9.27. The first-order chi connectivity index (χ1) is 30.0. The van der Waals surface area contributed by atoms with E-state index in [1.807, 2.05) is 6.07 Å². The molecule has 0 aliphatic heterocycles. The van der Waals surface area contributed by atoms with Gasteiger partial charge >= 0.3 is 0 Å². The van der Waals surface area contributed by atoms with E-state index < -0.39 is 0 Å². The molecule has 7 aliphatic carbocycles. The maximum absolute atomic E-state index is 9.27. The monoisotopic (exact) mass is 759 g/mol. The summed E-state index contributed by atoms with van der Waals surface area (Å²) in [4.78, 5) is 5.36. The fourth-order valence-corrected chi connectivity index (χ4v) is 14.8. The average Bonchev–Trinajstić information content (AvgIpc) is 3.97. The lowest BCUT2D eigenvalue weighted by Gasteiger charge is -2.61. The smallest absolute Gasteiger partial charge is 0.0714 e. The summed E-state index contributed by atoms with van der Waals surface area (Å²) in [5.41, 5.74) is 18.1. The molecule has 0 amide bonds. The number of pyridine rings is 1. The highest BCUT2D eigenvalue weighted by molar-refractivity contribution is 6.21. The summed E-state index contributed by atoms with van der Waals surface area (Å²) in [6.45, 7) is 0. The maximum Gasteiger partial charge on any atom is 0.0714 e. The highest BCUT2D eigenvalue weighted by Gasteiger charge is 2.61. The van der Waals surface area contributed by atoms with Crippen LogP contribution in [0.2, 0.25) is 0 Å². The zero-order valence-corrected chi connectivity index (χ0v) is 33.4. The van der Waals surface area contributed by atoms with Gasteiger partial charge < -0.3 is 0 Å². The Labute approximate surface area is 350 Å². The molecule has 5 saturated carbocycles. The first-order valence-corrected chi connectivity index (χ1v) is 22.4. The molecule has 7 aromatic carbocycles. The van der Waals surface area contributed by atoms with Crippen molar-refractivity contribution in [3.63, 3.8) is 0 Å². The quantitative estimate of drug-likeness (QED) is 0.164. The minimum atomic E-state index is -0.0889. The van der Waals surface area contributed by atoms with Gasteiger partial charge in [0.15, 0.2) is 0 Å². The lowest BCUT2D eigenvalue weighted by atomic mass is 9.43. The second-order valence-corrected chi connectivity index (χ2v) is 19.2. The largest absolute Gasteiger partial charge is 0.256 e. The number of rotatable bonds is 3. The molecular weight excluding hydrogens is 711 g/mol. The van der Waals surface area contributed by atoms with E-state index in [2.05, 4.69) is 134 Å². The van der Waals surface area contributed by atoms with Gasteiger partial charge in [-0.05, 0) is 163 Å². The number of benzene rings is 7. The Hall–Kier alpha value is -5.79. The van der Waals surface area contributed by atoms with E-state index in [1.54, 1.807) is 0 Å². The molecule has 4 bridgehead atoms. The number of hydrogen-bond donors (Lipinski definition) is 0. The van der Waals surface area contributed by atoms with Crippen molar-refractivity contribution in [2.24, 2.45) is 23.7 Å². The third kappa shape index (κ3) is 4.24. The van der Waals surface area contributed by atoms with Gasteiger partial charge in [0.1, 0.15) is 0 Å². The molecule has 7 aliphatic rings. The van der Waals surface area contributed by atoms with Crippen LogP contribution in [0.15, 0.2) is 152 Å². The predicted molar refractivity (Wildman–Crippen MR) is 244 cm³/mol. The lowest BCUT2D eigenvalue weighted by Crippen LogP contribution is -2.55. The molecule has 0 unspecified atom stereocenters. The number of nitrogens with zero attached hydrogens (tertiary/aromatic N) is 1. The zero-order chi connectivity index (χ0) is 40.2. The SMILES string of the molecule is [2H]c1ccc2c(c1)C1(c3cc([2H])cc(-c4ccc(-c5c6ccccc6c(-c6ccc7c(c6)C6(CCCC6)c6ccccc6-7)c6ccccc56)nc4)c3-2)C2CC3CC(C2)CC1C3. The highest BCUT2D eigenvalue weighted by Crippen LogP contribution is 2.70. The van der Waals surface area contributed by atoms with Crippen LogP contribution in [0.3, 0.4) is 0 Å². The summed E-state index contributed by atoms with van der Waals surface area (Å²) in [7, 11) is 0. The minimum Gasteiger partial charge on any atom is -0.256 e. The molecule has 59 heavy (non-hydrogen) atoms. The molecule has 1 heterocycles. The van der Waals surface area contributed by atoms with Crippen molar-refractivity contribution >= 4 is 21.5 Å². The predicted octanol–water partition coefficient (Wildman–Crippen LogP) is 15.0. The number of hydrogen-bond acceptors (Lipinski definition) is 1. The molecule has 1 nitrogen and oxygen atoms in total. The van der Waals surface area contributed by atoms with Gasteiger partial charge in [-0.15, -0.1) is 0 Å². The van der Waals surface area contributed by atoms with Crippen molar-refractivity contribution in [3.8, 4) is 55.8 Å². The second-order valence-electron chi connectivity index (χ2n) is 19.2. The van der Waals surface area contributed by atoms with Gasteiger partial charge in [0.05, 0.1) is 8.44 Å². The van der Waals surface area contributed by atoms with Crippen LogP contribution in [0, 0.1) is 23.7 Å². The molecule has 5 fully saturated rings. The van der Waals surface area contributed by atoms with Gasteiger partial charge in [-0.1, -0.05) is 146 Å². The fourth-order valence-electron chi connectivity index (χ4n) is 14.8. The van der Waals surface area contributed by atoms with Crippen LogP contribution in [-0.2, 0) is 10.8 Å². The van der Waals surface area contributed by atoms with Crippen LogP contribution in [0.25, 0.3) is 77.3 Å². The van der Waals surface area contributed by atoms with E-state index in [9.17, 15) is 1.37 Å². The molecule has 0 atom stereocenters. The average molecular weight is 760 g/mol. The Bertz CT molecular complexity index is 3100. The van der Waals surface area contributed by atoms with E-state index in [0.29, 0.717) is 23.9 Å². The Morgan fingerprint density at radius 2 is 1.08 bits per heavy atom. The van der Waals surface area contributed by atoms with Gasteiger partial charge in [-0.3, -0.25) is 4.98 Å². The standard InChI is InChI=1S/C58H47N/c1-3-15-46-44(13-1)54(37-22-24-43-42-12-5-7-19-49(42)57(52(43)33-37)26-9-10-27-57)45-14-2-4-16-47(45)56(46)53-25-23-38(34-59-53)41-18-11-21-51-55(41)48-17-6-8-20-50(48)58(51)39-29-35-28-36(31-39)32-40(58)30-35/h1-8,11-25,33-36,39-40H,9-10,26-32H2/i8D,11D. The van der Waals surface area contributed by atoms with E-state index in [1.165, 1.54) is 141 Å². The highest BCUT2D eigenvalue weighted by atomic mass is 14.7. The van der Waals surface area contributed by atoms with Crippen molar-refractivity contribution in [2.45, 2.75) is 68.6 Å². The van der Waals surface area contributed by atoms with Crippen LogP contribution in [-0.4, -0.2) is 4.98 Å². The molecule has 1 heteroatoms. The Kier molecular flexibility index (Phi) is 6.29. The van der Waals surface area contributed by atoms with E-state index in [4.69, 9.17) is 6.35 Å². The summed E-state index contributed by atoms with van der Waals surface area (Å²) in [5, 5.41) is 4.94. The van der Waals surface area contributed by atoms with Crippen LogP contribution >= 0.6 is 0 Å². The summed E-state index contributed by atoms with van der Waals surface area (Å²) < 4.78 is 18.1. The van der Waals surface area contributed by atoms with E-state index >= 15 is 0 Å². The van der Waals surface area contributed by atoms with Crippen molar-refractivity contribution in [3.05, 3.63) is 174 Å². The molecule has 8 aromatic rings. The fraction of sp³-hybridized carbons (Fsp3) is 0.259. The third-order valence-electron chi connectivity index (χ3n) is 16.7. The van der Waals surface area contributed by atoms with Crippen molar-refractivity contribution < 1.29 is 2.74 Å². The molecule has 15 rings (SSSR count). The van der Waals surface area contributed by atoms with Crippen LogP contribution in [0.5, 0.6) is 0 Å². The topological polar surface area (TPSA) is 12.9 Å². The summed E-state index contributed by atoms with van der Waals surface area (Å²) in [6.07, 6.45) is 13.6. The number of aromatic nitrogens is 1. The van der Waals surface area contributed by atoms with E-state index in [-0.39, 0.29) is 10.8 Å². The minimum absolute atomic E-state index is 0.0889. The molecule has 0 saturated heterocycles. The molecule has 2 spiro atoms. The van der Waals surface area contributed by atoms with Gasteiger partial charge in [0.2, 0.25) is 0 Å². The zero-order valence-electron chi connectivity index (χ0n) is 35.4. The first-order valence-electron chi connectivity index (χ1n) is 23.4. The Morgan fingerprint density at radius 3 is 1.80 bits per heavy atom. The van der Waals surface area contributed by atoms with E-state index in [0.717, 1.165) is 28.7 Å². The van der Waals surface area contributed by atoms with Gasteiger partial charge in [0, 0.05) is 28.2 Å². The van der Waals surface area contributed by atoms with Crippen molar-refractivity contribution in [1.29, 1.82) is 0 Å². The molecule has 0 radical (unpaired) electrons. The molecule has 1 aromatic heterocycles. The van der Waals surface area contributed by atoms with Crippen LogP contribution in [0.4, 0.5) is 0 Å². The second kappa shape index (κ2) is 11.9.